The zero-order valence-corrected chi connectivity index (χ0v) is 19.5. The van der Waals surface area contributed by atoms with Crippen LogP contribution in [-0.4, -0.2) is 0 Å². The van der Waals surface area contributed by atoms with Crippen molar-refractivity contribution in [1.29, 1.82) is 0 Å². The fraction of sp³-hybridized carbons (Fsp3) is 0.0909. The largest absolute Gasteiger partial charge is 0.455 e. The first kappa shape index (κ1) is 20.5. The Kier molecular flexibility index (Phi) is 5.04. The van der Waals surface area contributed by atoms with Gasteiger partial charge in [-0.25, -0.2) is 0 Å². The summed E-state index contributed by atoms with van der Waals surface area (Å²) in [7, 11) is 0. The number of furan rings is 1. The Morgan fingerprint density at radius 3 is 1.85 bits per heavy atom. The van der Waals surface area contributed by atoms with Crippen LogP contribution in [0.3, 0.4) is 0 Å². The lowest BCUT2D eigenvalue weighted by Crippen LogP contribution is -1.89. The number of hydrogen-bond acceptors (Lipinski definition) is 1. The van der Waals surface area contributed by atoms with E-state index in [4.69, 9.17) is 4.42 Å². The summed E-state index contributed by atoms with van der Waals surface area (Å²) in [5.41, 5.74) is 10.3. The summed E-state index contributed by atoms with van der Waals surface area (Å²) in [5.74, 6) is 0.519. The summed E-state index contributed by atoms with van der Waals surface area (Å²) in [4.78, 5) is 0. The molecule has 1 heterocycles. The normalized spacial score (nSPS) is 11.5. The fourth-order valence-electron chi connectivity index (χ4n) is 4.78. The number of hydrogen-bond donors (Lipinski definition) is 0. The van der Waals surface area contributed by atoms with E-state index in [0.717, 1.165) is 33.1 Å². The third-order valence-electron chi connectivity index (χ3n) is 6.67. The quantitative estimate of drug-likeness (QED) is 0.267. The van der Waals surface area contributed by atoms with E-state index in [0.29, 0.717) is 5.92 Å². The average molecular weight is 439 g/mol. The molecule has 0 radical (unpaired) electrons. The second-order valence-electron chi connectivity index (χ2n) is 9.22. The molecule has 0 amide bonds. The molecule has 6 rings (SSSR count). The highest BCUT2D eigenvalue weighted by Crippen LogP contribution is 2.39. The molecule has 6 aromatic rings. The minimum absolute atomic E-state index is 0.519. The van der Waals surface area contributed by atoms with Gasteiger partial charge < -0.3 is 4.42 Å². The van der Waals surface area contributed by atoms with Gasteiger partial charge in [0.2, 0.25) is 0 Å². The van der Waals surface area contributed by atoms with Crippen molar-refractivity contribution in [1.82, 2.24) is 0 Å². The van der Waals surface area contributed by atoms with E-state index in [1.807, 2.05) is 12.1 Å². The van der Waals surface area contributed by atoms with Crippen molar-refractivity contribution in [2.45, 2.75) is 19.8 Å². The van der Waals surface area contributed by atoms with Crippen molar-refractivity contribution in [2.75, 3.05) is 0 Å². The minimum Gasteiger partial charge on any atom is -0.455 e. The summed E-state index contributed by atoms with van der Waals surface area (Å²) >= 11 is 0. The lowest BCUT2D eigenvalue weighted by atomic mass is 9.92. The zero-order valence-electron chi connectivity index (χ0n) is 19.5. The molecule has 0 spiro atoms. The molecule has 0 aliphatic heterocycles. The fourth-order valence-corrected chi connectivity index (χ4v) is 4.78. The Morgan fingerprint density at radius 1 is 0.500 bits per heavy atom. The van der Waals surface area contributed by atoms with Gasteiger partial charge in [-0.1, -0.05) is 105 Å². The number of rotatable bonds is 4. The maximum atomic E-state index is 6.37. The molecule has 0 saturated carbocycles. The van der Waals surface area contributed by atoms with E-state index < -0.39 is 0 Å². The van der Waals surface area contributed by atoms with Crippen molar-refractivity contribution in [3.63, 3.8) is 0 Å². The van der Waals surface area contributed by atoms with Crippen LogP contribution in [0.25, 0.3) is 55.3 Å². The van der Waals surface area contributed by atoms with Crippen LogP contribution in [0.2, 0.25) is 0 Å². The highest BCUT2D eigenvalue weighted by atomic mass is 16.3. The smallest absolute Gasteiger partial charge is 0.143 e. The van der Waals surface area contributed by atoms with Gasteiger partial charge in [-0.3, -0.25) is 0 Å². The first-order chi connectivity index (χ1) is 16.7. The first-order valence-electron chi connectivity index (χ1n) is 11.9. The van der Waals surface area contributed by atoms with Gasteiger partial charge in [0.1, 0.15) is 11.2 Å². The molecule has 0 N–H and O–H groups in total. The molecule has 0 bridgehead atoms. The monoisotopic (exact) mass is 438 g/mol. The summed E-state index contributed by atoms with van der Waals surface area (Å²) in [5, 5.41) is 2.31. The van der Waals surface area contributed by atoms with E-state index in [2.05, 4.69) is 117 Å². The Hall–Kier alpha value is -4.10. The molecule has 0 unspecified atom stereocenters. The molecule has 5 aromatic carbocycles. The number of benzene rings is 5. The SMILES string of the molecule is CC(C)c1ccc(-c2cc(-c3ccccc3)cc(-c3cccc4c3oc3ccccc34)c2)cc1. The average Bonchev–Trinajstić information content (AvgIpc) is 3.28. The van der Waals surface area contributed by atoms with Crippen molar-refractivity contribution >= 4 is 21.9 Å². The predicted molar refractivity (Wildman–Crippen MR) is 144 cm³/mol. The second kappa shape index (κ2) is 8.35. The number of fused-ring (bicyclic) bond motifs is 3. The molecular formula is C33H26O. The van der Waals surface area contributed by atoms with Crippen LogP contribution in [0.1, 0.15) is 25.3 Å². The van der Waals surface area contributed by atoms with E-state index in [1.165, 1.54) is 27.8 Å². The third kappa shape index (κ3) is 3.60. The molecule has 34 heavy (non-hydrogen) atoms. The highest BCUT2D eigenvalue weighted by Gasteiger charge is 2.14. The molecule has 164 valence electrons. The molecule has 0 saturated heterocycles. The second-order valence-corrected chi connectivity index (χ2v) is 9.22. The van der Waals surface area contributed by atoms with Gasteiger partial charge in [0.05, 0.1) is 0 Å². The van der Waals surface area contributed by atoms with Crippen LogP contribution >= 0.6 is 0 Å². The molecule has 0 atom stereocenters. The van der Waals surface area contributed by atoms with E-state index in [9.17, 15) is 0 Å². The van der Waals surface area contributed by atoms with E-state index in [1.54, 1.807) is 0 Å². The molecule has 0 aliphatic rings. The maximum Gasteiger partial charge on any atom is 0.143 e. The topological polar surface area (TPSA) is 13.1 Å². The number of para-hydroxylation sites is 2. The molecule has 1 aromatic heterocycles. The van der Waals surface area contributed by atoms with Crippen molar-refractivity contribution in [2.24, 2.45) is 0 Å². The van der Waals surface area contributed by atoms with Crippen molar-refractivity contribution < 1.29 is 4.42 Å². The third-order valence-corrected chi connectivity index (χ3v) is 6.67. The summed E-state index contributed by atoms with van der Waals surface area (Å²) in [6, 6.07) is 41.2. The van der Waals surface area contributed by atoms with Gasteiger partial charge >= 0.3 is 0 Å². The maximum absolute atomic E-state index is 6.37. The highest BCUT2D eigenvalue weighted by molar-refractivity contribution is 6.09. The summed E-state index contributed by atoms with van der Waals surface area (Å²) < 4.78 is 6.37. The van der Waals surface area contributed by atoms with Gasteiger partial charge in [-0.2, -0.15) is 0 Å². The predicted octanol–water partition coefficient (Wildman–Crippen LogP) is 9.71. The summed E-state index contributed by atoms with van der Waals surface area (Å²) in [6.07, 6.45) is 0. The molecule has 0 aliphatic carbocycles. The van der Waals surface area contributed by atoms with Crippen LogP contribution in [0.4, 0.5) is 0 Å². The van der Waals surface area contributed by atoms with Crippen LogP contribution < -0.4 is 0 Å². The van der Waals surface area contributed by atoms with Gasteiger partial charge in [0.25, 0.3) is 0 Å². The van der Waals surface area contributed by atoms with Crippen LogP contribution in [-0.2, 0) is 0 Å². The standard InChI is InChI=1S/C33H26O/c1-22(2)23-15-17-25(18-16-23)27-19-26(24-9-4-3-5-10-24)20-28(21-27)29-12-8-13-31-30-11-6-7-14-32(30)34-33(29)31/h3-22H,1-2H3. The van der Waals surface area contributed by atoms with Crippen LogP contribution in [0.15, 0.2) is 120 Å². The van der Waals surface area contributed by atoms with Crippen LogP contribution in [0.5, 0.6) is 0 Å². The van der Waals surface area contributed by atoms with E-state index >= 15 is 0 Å². The molecule has 1 heteroatoms. The molecular weight excluding hydrogens is 412 g/mol. The molecule has 0 fully saturated rings. The van der Waals surface area contributed by atoms with Gasteiger partial charge in [0, 0.05) is 16.3 Å². The Morgan fingerprint density at radius 2 is 1.12 bits per heavy atom. The van der Waals surface area contributed by atoms with Crippen molar-refractivity contribution in [3.05, 3.63) is 121 Å². The lowest BCUT2D eigenvalue weighted by Gasteiger charge is -2.13. The van der Waals surface area contributed by atoms with Crippen LogP contribution in [0, 0.1) is 0 Å². The minimum atomic E-state index is 0.519. The van der Waals surface area contributed by atoms with Gasteiger partial charge in [0.15, 0.2) is 0 Å². The molecule has 1 nitrogen and oxygen atoms in total. The Bertz CT molecular complexity index is 1600. The van der Waals surface area contributed by atoms with Crippen molar-refractivity contribution in [3.8, 4) is 33.4 Å². The Labute approximate surface area is 200 Å². The Balaban J connectivity index is 1.58. The first-order valence-corrected chi connectivity index (χ1v) is 11.9. The van der Waals surface area contributed by atoms with Gasteiger partial charge in [-0.05, 0) is 63.6 Å². The van der Waals surface area contributed by atoms with E-state index in [-0.39, 0.29) is 0 Å². The van der Waals surface area contributed by atoms with Gasteiger partial charge in [-0.15, -0.1) is 0 Å². The summed E-state index contributed by atoms with van der Waals surface area (Å²) in [6.45, 7) is 4.47. The zero-order chi connectivity index (χ0) is 23.1. The lowest BCUT2D eigenvalue weighted by molar-refractivity contribution is 0.670.